The van der Waals surface area contributed by atoms with Gasteiger partial charge in [-0.15, -0.1) is 0 Å². The van der Waals surface area contributed by atoms with Crippen LogP contribution in [-0.4, -0.2) is 42.9 Å². The Kier molecular flexibility index (Phi) is 5.02. The fourth-order valence-corrected chi connectivity index (χ4v) is 4.28. The standard InChI is InChI=1S/C21H24FN7O/c22-17-10-25-19(16-9-24-18-15(16)8-23-11-26-18)29-20(17)27-13-5-2-6-14(7-13)28-21(30)12-3-1-4-12/h8-14H,1-7H2,(H,28,30)(H,23,24,26)(H,25,27,29)/t13-,14+/m1/s1. The van der Waals surface area contributed by atoms with Crippen LogP contribution in [0.1, 0.15) is 44.9 Å². The van der Waals surface area contributed by atoms with E-state index in [4.69, 9.17) is 0 Å². The normalized spacial score (nSPS) is 21.9. The molecule has 30 heavy (non-hydrogen) atoms. The number of amides is 1. The number of nitrogens with zero attached hydrogens (tertiary/aromatic N) is 4. The van der Waals surface area contributed by atoms with Gasteiger partial charge in [0.05, 0.1) is 6.20 Å². The van der Waals surface area contributed by atoms with Gasteiger partial charge >= 0.3 is 0 Å². The lowest BCUT2D eigenvalue weighted by Gasteiger charge is -2.33. The zero-order valence-corrected chi connectivity index (χ0v) is 16.6. The molecule has 2 saturated carbocycles. The van der Waals surface area contributed by atoms with Gasteiger partial charge in [0.1, 0.15) is 12.0 Å². The van der Waals surface area contributed by atoms with Crippen LogP contribution in [0.4, 0.5) is 10.2 Å². The van der Waals surface area contributed by atoms with Crippen molar-refractivity contribution < 1.29 is 9.18 Å². The van der Waals surface area contributed by atoms with E-state index >= 15 is 0 Å². The number of carbonyl (C=O) groups excluding carboxylic acids is 1. The van der Waals surface area contributed by atoms with Crippen molar-refractivity contribution in [2.75, 3.05) is 5.32 Å². The molecule has 3 N–H and O–H groups in total. The molecule has 2 fully saturated rings. The minimum absolute atomic E-state index is 0.0500. The second-order valence-corrected chi connectivity index (χ2v) is 8.22. The number of H-pyrrole nitrogens is 1. The van der Waals surface area contributed by atoms with Gasteiger partial charge < -0.3 is 15.6 Å². The van der Waals surface area contributed by atoms with Gasteiger partial charge in [-0.2, -0.15) is 0 Å². The number of fused-ring (bicyclic) bond motifs is 1. The fraction of sp³-hybridized carbons (Fsp3) is 0.476. The van der Waals surface area contributed by atoms with Gasteiger partial charge in [-0.25, -0.2) is 24.3 Å². The summed E-state index contributed by atoms with van der Waals surface area (Å²) in [5, 5.41) is 7.21. The van der Waals surface area contributed by atoms with E-state index < -0.39 is 5.82 Å². The summed E-state index contributed by atoms with van der Waals surface area (Å²) in [5.41, 5.74) is 1.41. The van der Waals surface area contributed by atoms with Crippen LogP contribution >= 0.6 is 0 Å². The SMILES string of the molecule is O=C(N[C@H]1CCC[C@@H](Nc2nc(-c3c[nH]c4ncncc34)ncc2F)C1)C1CCC1. The van der Waals surface area contributed by atoms with Crippen LogP contribution in [0.25, 0.3) is 22.4 Å². The van der Waals surface area contributed by atoms with Crippen molar-refractivity contribution in [1.29, 1.82) is 0 Å². The van der Waals surface area contributed by atoms with Crippen LogP contribution in [0.5, 0.6) is 0 Å². The van der Waals surface area contributed by atoms with E-state index in [-0.39, 0.29) is 29.7 Å². The zero-order chi connectivity index (χ0) is 20.5. The van der Waals surface area contributed by atoms with Gasteiger partial charge in [0.2, 0.25) is 5.91 Å². The highest BCUT2D eigenvalue weighted by Gasteiger charge is 2.29. The van der Waals surface area contributed by atoms with Crippen LogP contribution in [0, 0.1) is 11.7 Å². The van der Waals surface area contributed by atoms with E-state index in [1.54, 1.807) is 12.4 Å². The molecule has 0 saturated heterocycles. The molecule has 2 aliphatic rings. The number of nitrogens with one attached hydrogen (secondary N) is 3. The molecule has 0 unspecified atom stereocenters. The molecule has 0 aliphatic heterocycles. The van der Waals surface area contributed by atoms with Gasteiger partial charge in [-0.1, -0.05) is 6.42 Å². The Bertz CT molecular complexity index is 1060. The number of hydrogen-bond donors (Lipinski definition) is 3. The Hall–Kier alpha value is -3.10. The number of anilines is 1. The molecule has 5 rings (SSSR count). The number of halogens is 1. The highest BCUT2D eigenvalue weighted by molar-refractivity contribution is 5.90. The van der Waals surface area contributed by atoms with Crippen molar-refractivity contribution in [2.45, 2.75) is 57.0 Å². The average molecular weight is 409 g/mol. The summed E-state index contributed by atoms with van der Waals surface area (Å²) in [6, 6.07) is 0.175. The van der Waals surface area contributed by atoms with E-state index in [0.717, 1.165) is 55.9 Å². The van der Waals surface area contributed by atoms with Crippen LogP contribution in [0.2, 0.25) is 0 Å². The molecule has 0 spiro atoms. The first-order chi connectivity index (χ1) is 14.7. The van der Waals surface area contributed by atoms with Crippen molar-refractivity contribution in [1.82, 2.24) is 30.2 Å². The zero-order valence-electron chi connectivity index (χ0n) is 16.6. The quantitative estimate of drug-likeness (QED) is 0.597. The number of carbonyl (C=O) groups is 1. The summed E-state index contributed by atoms with van der Waals surface area (Å²) in [7, 11) is 0. The minimum Gasteiger partial charge on any atom is -0.365 e. The maximum absolute atomic E-state index is 14.5. The lowest BCUT2D eigenvalue weighted by atomic mass is 9.83. The van der Waals surface area contributed by atoms with Crippen LogP contribution < -0.4 is 10.6 Å². The second-order valence-electron chi connectivity index (χ2n) is 8.22. The molecule has 3 aromatic heterocycles. The Balaban J connectivity index is 1.31. The third kappa shape index (κ3) is 3.71. The van der Waals surface area contributed by atoms with E-state index in [2.05, 4.69) is 35.6 Å². The molecule has 2 atom stereocenters. The lowest BCUT2D eigenvalue weighted by Crippen LogP contribution is -2.45. The van der Waals surface area contributed by atoms with E-state index in [1.807, 2.05) is 0 Å². The van der Waals surface area contributed by atoms with Gasteiger partial charge in [-0.05, 0) is 38.5 Å². The summed E-state index contributed by atoms with van der Waals surface area (Å²) in [6.45, 7) is 0. The molecule has 3 aromatic rings. The number of aromatic amines is 1. The van der Waals surface area contributed by atoms with Crippen molar-refractivity contribution in [3.63, 3.8) is 0 Å². The summed E-state index contributed by atoms with van der Waals surface area (Å²) in [4.78, 5) is 32.1. The molecule has 9 heteroatoms. The molecule has 156 valence electrons. The van der Waals surface area contributed by atoms with Crippen LogP contribution in [0.15, 0.2) is 24.9 Å². The average Bonchev–Trinajstić information content (AvgIpc) is 3.13. The molecule has 0 radical (unpaired) electrons. The molecule has 0 aromatic carbocycles. The second kappa shape index (κ2) is 7.97. The fourth-order valence-electron chi connectivity index (χ4n) is 4.28. The molecular weight excluding hydrogens is 385 g/mol. The molecule has 2 aliphatic carbocycles. The first-order valence-electron chi connectivity index (χ1n) is 10.5. The molecule has 3 heterocycles. The van der Waals surface area contributed by atoms with Gasteiger partial charge in [0, 0.05) is 41.3 Å². The monoisotopic (exact) mass is 409 g/mol. The van der Waals surface area contributed by atoms with Gasteiger partial charge in [0.25, 0.3) is 0 Å². The summed E-state index contributed by atoms with van der Waals surface area (Å²) < 4.78 is 14.5. The summed E-state index contributed by atoms with van der Waals surface area (Å²) >= 11 is 0. The molecular formula is C21H24FN7O. The van der Waals surface area contributed by atoms with Crippen LogP contribution in [0.3, 0.4) is 0 Å². The summed E-state index contributed by atoms with van der Waals surface area (Å²) in [6.07, 6.45) is 12.8. The highest BCUT2D eigenvalue weighted by atomic mass is 19.1. The minimum atomic E-state index is -0.490. The molecule has 1 amide bonds. The van der Waals surface area contributed by atoms with Crippen molar-refractivity contribution >= 4 is 22.8 Å². The Morgan fingerprint density at radius 2 is 1.93 bits per heavy atom. The van der Waals surface area contributed by atoms with E-state index in [1.165, 1.54) is 12.5 Å². The van der Waals surface area contributed by atoms with Gasteiger partial charge in [-0.3, -0.25) is 4.79 Å². The van der Waals surface area contributed by atoms with Crippen molar-refractivity contribution in [3.8, 4) is 11.4 Å². The first-order valence-corrected chi connectivity index (χ1v) is 10.5. The summed E-state index contributed by atoms with van der Waals surface area (Å²) in [5.74, 6) is 0.451. The lowest BCUT2D eigenvalue weighted by molar-refractivity contribution is -0.128. The Labute approximate surface area is 173 Å². The Morgan fingerprint density at radius 1 is 1.10 bits per heavy atom. The van der Waals surface area contributed by atoms with E-state index in [9.17, 15) is 9.18 Å². The first kappa shape index (κ1) is 18.9. The van der Waals surface area contributed by atoms with Crippen molar-refractivity contribution in [2.24, 2.45) is 5.92 Å². The largest absolute Gasteiger partial charge is 0.365 e. The maximum atomic E-state index is 14.5. The third-order valence-corrected chi connectivity index (χ3v) is 6.18. The van der Waals surface area contributed by atoms with Crippen LogP contribution in [-0.2, 0) is 4.79 Å². The third-order valence-electron chi connectivity index (χ3n) is 6.18. The predicted octanol–water partition coefficient (Wildman–Crippen LogP) is 3.19. The number of hydrogen-bond acceptors (Lipinski definition) is 6. The predicted molar refractivity (Wildman–Crippen MR) is 110 cm³/mol. The topological polar surface area (TPSA) is 108 Å². The Morgan fingerprint density at radius 3 is 2.77 bits per heavy atom. The van der Waals surface area contributed by atoms with Crippen molar-refractivity contribution in [3.05, 3.63) is 30.7 Å². The van der Waals surface area contributed by atoms with E-state index in [0.29, 0.717) is 11.5 Å². The molecule has 8 nitrogen and oxygen atoms in total. The maximum Gasteiger partial charge on any atom is 0.223 e. The molecule has 0 bridgehead atoms. The number of aromatic nitrogens is 5. The highest BCUT2D eigenvalue weighted by Crippen LogP contribution is 2.29. The number of rotatable bonds is 5. The van der Waals surface area contributed by atoms with Gasteiger partial charge in [0.15, 0.2) is 17.5 Å². The smallest absolute Gasteiger partial charge is 0.223 e.